The molecule has 3 aromatic heterocycles. The third kappa shape index (κ3) is 3.64. The lowest BCUT2D eigenvalue weighted by molar-refractivity contribution is -0.130. The van der Waals surface area contributed by atoms with E-state index in [2.05, 4.69) is 16.2 Å². The van der Waals surface area contributed by atoms with E-state index in [4.69, 9.17) is 8.83 Å². The number of nitriles is 1. The summed E-state index contributed by atoms with van der Waals surface area (Å²) in [6.45, 7) is 5.76. The van der Waals surface area contributed by atoms with Crippen LogP contribution in [0.15, 0.2) is 55.8 Å². The zero-order valence-corrected chi connectivity index (χ0v) is 17.7. The average molecular weight is 420 g/mol. The van der Waals surface area contributed by atoms with E-state index in [-0.39, 0.29) is 17.7 Å². The Morgan fingerprint density at radius 2 is 2.00 bits per heavy atom. The number of aryl methyl sites for hydroxylation is 1. The standard InChI is InChI=1S/C22H20N4O3S/c1-13-14(2)16(11-23)22(24-15(13)3)30-12-21(27)26-18(20-7-5-9-29-20)10-17(25-26)19-6-4-8-28-19/h4-9,18H,10,12H2,1-3H3/t18-/m0/s1. The van der Waals surface area contributed by atoms with Gasteiger partial charge in [-0.1, -0.05) is 11.8 Å². The maximum Gasteiger partial charge on any atom is 0.253 e. The summed E-state index contributed by atoms with van der Waals surface area (Å²) >= 11 is 1.25. The van der Waals surface area contributed by atoms with Crippen molar-refractivity contribution >= 4 is 23.4 Å². The molecule has 7 nitrogen and oxygen atoms in total. The minimum absolute atomic E-state index is 0.107. The van der Waals surface area contributed by atoms with E-state index in [9.17, 15) is 10.1 Å². The van der Waals surface area contributed by atoms with E-state index in [1.807, 2.05) is 32.9 Å². The summed E-state index contributed by atoms with van der Waals surface area (Å²) in [4.78, 5) is 17.6. The maximum absolute atomic E-state index is 13.1. The summed E-state index contributed by atoms with van der Waals surface area (Å²) in [7, 11) is 0. The topological polar surface area (TPSA) is 95.6 Å². The smallest absolute Gasteiger partial charge is 0.253 e. The van der Waals surface area contributed by atoms with Crippen LogP contribution in [-0.4, -0.2) is 27.4 Å². The first kappa shape index (κ1) is 20.0. The van der Waals surface area contributed by atoms with Crippen molar-refractivity contribution in [1.29, 1.82) is 5.26 Å². The third-order valence-corrected chi connectivity index (χ3v) is 6.21. The number of carbonyl (C=O) groups excluding carboxylic acids is 1. The van der Waals surface area contributed by atoms with Crippen LogP contribution in [0.2, 0.25) is 0 Å². The van der Waals surface area contributed by atoms with Crippen LogP contribution in [0.4, 0.5) is 0 Å². The first-order valence-electron chi connectivity index (χ1n) is 9.47. The Labute approximate surface area is 178 Å². The van der Waals surface area contributed by atoms with Gasteiger partial charge in [-0.15, -0.1) is 0 Å². The van der Waals surface area contributed by atoms with Crippen LogP contribution in [0.3, 0.4) is 0 Å². The van der Waals surface area contributed by atoms with Gasteiger partial charge in [0.05, 0.1) is 23.8 Å². The molecule has 8 heteroatoms. The molecule has 0 radical (unpaired) electrons. The van der Waals surface area contributed by atoms with Gasteiger partial charge in [0.25, 0.3) is 5.91 Å². The van der Waals surface area contributed by atoms with Crippen molar-refractivity contribution in [1.82, 2.24) is 9.99 Å². The lowest BCUT2D eigenvalue weighted by atomic mass is 10.1. The van der Waals surface area contributed by atoms with Crippen LogP contribution < -0.4 is 0 Å². The van der Waals surface area contributed by atoms with Crippen LogP contribution >= 0.6 is 11.8 Å². The number of furan rings is 2. The number of pyridine rings is 1. The molecule has 0 unspecified atom stereocenters. The van der Waals surface area contributed by atoms with Crippen LogP contribution in [-0.2, 0) is 4.79 Å². The molecule has 3 aromatic rings. The predicted octanol–water partition coefficient (Wildman–Crippen LogP) is 4.53. The highest BCUT2D eigenvalue weighted by molar-refractivity contribution is 8.00. The molecule has 4 heterocycles. The maximum atomic E-state index is 13.1. The second-order valence-corrected chi connectivity index (χ2v) is 7.99. The van der Waals surface area contributed by atoms with E-state index in [1.165, 1.54) is 16.8 Å². The molecular formula is C22H20N4O3S. The molecule has 152 valence electrons. The zero-order valence-electron chi connectivity index (χ0n) is 16.9. The fraction of sp³-hybridized carbons (Fsp3) is 0.273. The van der Waals surface area contributed by atoms with Crippen LogP contribution in [0.25, 0.3) is 0 Å². The Balaban J connectivity index is 1.58. The number of hydrogen-bond acceptors (Lipinski definition) is 7. The van der Waals surface area contributed by atoms with Crippen molar-refractivity contribution in [3.8, 4) is 6.07 Å². The molecule has 0 aromatic carbocycles. The van der Waals surface area contributed by atoms with Gasteiger partial charge in [-0.3, -0.25) is 4.79 Å². The van der Waals surface area contributed by atoms with Gasteiger partial charge in [0, 0.05) is 12.1 Å². The number of thioether (sulfide) groups is 1. The lowest BCUT2D eigenvalue weighted by Gasteiger charge is -2.20. The number of aromatic nitrogens is 1. The molecule has 0 spiro atoms. The second kappa shape index (κ2) is 8.20. The second-order valence-electron chi connectivity index (χ2n) is 7.03. The average Bonchev–Trinajstić information content (AvgIpc) is 3.50. The molecule has 1 aliphatic rings. The molecule has 0 fully saturated rings. The highest BCUT2D eigenvalue weighted by Crippen LogP contribution is 2.34. The minimum atomic E-state index is -0.335. The SMILES string of the molecule is Cc1nc(SCC(=O)N2N=C(c3ccco3)C[C@H]2c2ccco2)c(C#N)c(C)c1C. The number of hydrazone groups is 1. The van der Waals surface area contributed by atoms with E-state index in [0.29, 0.717) is 34.2 Å². The highest BCUT2D eigenvalue weighted by Gasteiger charge is 2.35. The summed E-state index contributed by atoms with van der Waals surface area (Å²) < 4.78 is 11.0. The number of amides is 1. The van der Waals surface area contributed by atoms with Gasteiger partial charge < -0.3 is 8.83 Å². The lowest BCUT2D eigenvalue weighted by Crippen LogP contribution is -2.28. The third-order valence-electron chi connectivity index (χ3n) is 5.25. The molecule has 0 aliphatic carbocycles. The fourth-order valence-electron chi connectivity index (χ4n) is 3.38. The summed E-state index contributed by atoms with van der Waals surface area (Å²) in [5.41, 5.74) is 3.95. The van der Waals surface area contributed by atoms with Crippen molar-refractivity contribution in [2.24, 2.45) is 5.10 Å². The van der Waals surface area contributed by atoms with Gasteiger partial charge in [0.15, 0.2) is 0 Å². The number of rotatable bonds is 5. The summed E-state index contributed by atoms with van der Waals surface area (Å²) in [6, 6.07) is 9.12. The van der Waals surface area contributed by atoms with Gasteiger partial charge in [-0.25, -0.2) is 9.99 Å². The van der Waals surface area contributed by atoms with Crippen LogP contribution in [0.1, 0.15) is 46.4 Å². The number of hydrogen-bond donors (Lipinski definition) is 0. The van der Waals surface area contributed by atoms with Crippen LogP contribution in [0, 0.1) is 32.1 Å². The van der Waals surface area contributed by atoms with E-state index in [1.54, 1.807) is 24.7 Å². The van der Waals surface area contributed by atoms with Gasteiger partial charge >= 0.3 is 0 Å². The summed E-state index contributed by atoms with van der Waals surface area (Å²) in [6.07, 6.45) is 3.66. The Bertz CT molecular complexity index is 1140. The van der Waals surface area contributed by atoms with E-state index < -0.39 is 0 Å². The molecule has 0 bridgehead atoms. The summed E-state index contributed by atoms with van der Waals surface area (Å²) in [5, 5.41) is 16.1. The van der Waals surface area contributed by atoms with Crippen molar-refractivity contribution in [2.75, 3.05) is 5.75 Å². The van der Waals surface area contributed by atoms with Crippen molar-refractivity contribution in [3.63, 3.8) is 0 Å². The Kier molecular flexibility index (Phi) is 5.46. The number of nitrogens with zero attached hydrogens (tertiary/aromatic N) is 4. The molecule has 0 saturated heterocycles. The largest absolute Gasteiger partial charge is 0.467 e. The Morgan fingerprint density at radius 3 is 2.67 bits per heavy atom. The quantitative estimate of drug-likeness (QED) is 0.563. The number of carbonyl (C=O) groups is 1. The molecule has 4 rings (SSSR count). The zero-order chi connectivity index (χ0) is 21.3. The van der Waals surface area contributed by atoms with Crippen LogP contribution in [0.5, 0.6) is 0 Å². The van der Waals surface area contributed by atoms with Gasteiger partial charge in [-0.05, 0) is 56.2 Å². The van der Waals surface area contributed by atoms with Crippen molar-refractivity contribution in [2.45, 2.75) is 38.3 Å². The Morgan fingerprint density at radius 1 is 1.23 bits per heavy atom. The molecule has 0 saturated carbocycles. The van der Waals surface area contributed by atoms with Gasteiger partial charge in [0.2, 0.25) is 0 Å². The predicted molar refractivity (Wildman–Crippen MR) is 112 cm³/mol. The normalized spacial score (nSPS) is 15.9. The van der Waals surface area contributed by atoms with Gasteiger partial charge in [0.1, 0.15) is 34.4 Å². The molecule has 1 aliphatic heterocycles. The molecule has 1 atom stereocenters. The molecular weight excluding hydrogens is 400 g/mol. The van der Waals surface area contributed by atoms with Crippen molar-refractivity contribution in [3.05, 3.63) is 70.7 Å². The highest BCUT2D eigenvalue weighted by atomic mass is 32.2. The monoisotopic (exact) mass is 420 g/mol. The fourth-order valence-corrected chi connectivity index (χ4v) is 4.32. The molecule has 30 heavy (non-hydrogen) atoms. The minimum Gasteiger partial charge on any atom is -0.467 e. The Hall–Kier alpha value is -3.31. The van der Waals surface area contributed by atoms with Crippen molar-refractivity contribution < 1.29 is 13.6 Å². The molecule has 0 N–H and O–H groups in total. The van der Waals surface area contributed by atoms with E-state index in [0.717, 1.165) is 16.8 Å². The summed E-state index contributed by atoms with van der Waals surface area (Å²) in [5.74, 6) is 1.21. The van der Waals surface area contributed by atoms with E-state index >= 15 is 0 Å². The molecule has 1 amide bonds. The van der Waals surface area contributed by atoms with Gasteiger partial charge in [-0.2, -0.15) is 10.4 Å². The first-order chi connectivity index (χ1) is 14.5. The first-order valence-corrected chi connectivity index (χ1v) is 10.5.